The molecule has 0 radical (unpaired) electrons. The molecule has 3 aromatic rings. The fraction of sp³-hybridized carbons (Fsp3) is 0.250. The summed E-state index contributed by atoms with van der Waals surface area (Å²) in [6.45, 7) is 2.07. The summed E-state index contributed by atoms with van der Waals surface area (Å²) in [4.78, 5) is 13.9. The fourth-order valence-corrected chi connectivity index (χ4v) is 4.04. The summed E-state index contributed by atoms with van der Waals surface area (Å²) in [5.74, 6) is 1.04. The highest BCUT2D eigenvalue weighted by Crippen LogP contribution is 2.30. The number of benzene rings is 2. The number of carbonyl (C=O) groups excluding carboxylic acids is 1. The monoisotopic (exact) mass is 434 g/mol. The van der Waals surface area contributed by atoms with Gasteiger partial charge in [0, 0.05) is 30.5 Å². The number of nitrogens with two attached hydrogens (primary N) is 2. The van der Waals surface area contributed by atoms with E-state index in [0.717, 1.165) is 29.4 Å². The van der Waals surface area contributed by atoms with Gasteiger partial charge in [-0.2, -0.15) is 5.26 Å². The molecule has 0 unspecified atom stereocenters. The predicted molar refractivity (Wildman–Crippen MR) is 124 cm³/mol. The first kappa shape index (κ1) is 22.3. The second-order valence-electron chi connectivity index (χ2n) is 7.19. The van der Waals surface area contributed by atoms with Crippen molar-refractivity contribution in [1.29, 1.82) is 5.26 Å². The smallest absolute Gasteiger partial charge is 0.234 e. The Morgan fingerprint density at radius 2 is 1.84 bits per heavy atom. The number of rotatable bonds is 6. The van der Waals surface area contributed by atoms with Crippen LogP contribution in [0.4, 0.5) is 5.69 Å². The topological polar surface area (TPSA) is 105 Å². The van der Waals surface area contributed by atoms with Crippen LogP contribution in [0.2, 0.25) is 0 Å². The fourth-order valence-electron chi connectivity index (χ4n) is 3.27. The van der Waals surface area contributed by atoms with Gasteiger partial charge in [-0.25, -0.2) is 0 Å². The summed E-state index contributed by atoms with van der Waals surface area (Å²) in [6, 6.07) is 20.9. The van der Waals surface area contributed by atoms with Gasteiger partial charge in [-0.15, -0.1) is 11.3 Å². The molecule has 1 amide bonds. The largest absolute Gasteiger partial charge is 0.457 e. The molecule has 1 saturated heterocycles. The van der Waals surface area contributed by atoms with Crippen LogP contribution in [-0.4, -0.2) is 25.0 Å². The number of primary amides is 1. The van der Waals surface area contributed by atoms with Crippen LogP contribution in [0, 0.1) is 11.3 Å². The van der Waals surface area contributed by atoms with Crippen molar-refractivity contribution in [2.75, 3.05) is 18.0 Å². The van der Waals surface area contributed by atoms with Crippen molar-refractivity contribution >= 4 is 22.9 Å². The summed E-state index contributed by atoms with van der Waals surface area (Å²) in [5, 5.41) is 11.3. The lowest BCUT2D eigenvalue weighted by Crippen LogP contribution is -2.37. The van der Waals surface area contributed by atoms with Crippen LogP contribution < -0.4 is 21.1 Å². The summed E-state index contributed by atoms with van der Waals surface area (Å²) in [5.41, 5.74) is 12.1. The van der Waals surface area contributed by atoms with E-state index in [0.29, 0.717) is 17.7 Å². The van der Waals surface area contributed by atoms with E-state index in [1.54, 1.807) is 11.3 Å². The van der Waals surface area contributed by atoms with Gasteiger partial charge in [0.05, 0.1) is 17.3 Å². The van der Waals surface area contributed by atoms with E-state index < -0.39 is 11.9 Å². The molecule has 2 heterocycles. The maximum atomic E-state index is 10.5. The van der Waals surface area contributed by atoms with E-state index in [2.05, 4.69) is 11.0 Å². The molecule has 160 valence electrons. The SMILES string of the molecule is N#Cc1cc(Oc2ccccc2)ccc1N1CCCC1.NC(=O)[C@@H](N)Cc1cccs1. The number of nitriles is 1. The number of hydrogen-bond acceptors (Lipinski definition) is 6. The van der Waals surface area contributed by atoms with Crippen LogP contribution in [0.25, 0.3) is 0 Å². The third-order valence-electron chi connectivity index (χ3n) is 4.88. The molecular formula is C24H26N4O2S. The molecule has 4 N–H and O–H groups in total. The standard InChI is InChI=1S/C17H16N2O.C7H10N2OS/c18-13-14-12-16(20-15-6-2-1-3-7-15)8-9-17(14)19-10-4-5-11-19;8-6(7(9)10)4-5-2-1-3-11-5/h1-3,6-9,12H,4-5,10-11H2;1-3,6H,4,8H2,(H2,9,10)/t;6-/m.0/s1. The number of ether oxygens (including phenoxy) is 1. The molecule has 7 heteroatoms. The number of amides is 1. The maximum absolute atomic E-state index is 10.5. The number of hydrogen-bond donors (Lipinski definition) is 2. The van der Waals surface area contributed by atoms with Crippen molar-refractivity contribution in [2.24, 2.45) is 11.5 Å². The molecular weight excluding hydrogens is 408 g/mol. The Bertz CT molecular complexity index is 1010. The lowest BCUT2D eigenvalue weighted by Gasteiger charge is -2.19. The minimum atomic E-state index is -0.548. The summed E-state index contributed by atoms with van der Waals surface area (Å²) in [6.07, 6.45) is 2.95. The van der Waals surface area contributed by atoms with Gasteiger partial charge >= 0.3 is 0 Å². The zero-order valence-corrected chi connectivity index (χ0v) is 18.1. The average Bonchev–Trinajstić information content (AvgIpc) is 3.49. The van der Waals surface area contributed by atoms with Crippen LogP contribution in [0.3, 0.4) is 0 Å². The van der Waals surface area contributed by atoms with Gasteiger partial charge < -0.3 is 21.1 Å². The summed E-state index contributed by atoms with van der Waals surface area (Å²) in [7, 11) is 0. The second-order valence-corrected chi connectivity index (χ2v) is 8.22. The highest BCUT2D eigenvalue weighted by atomic mass is 32.1. The molecule has 6 nitrogen and oxygen atoms in total. The lowest BCUT2D eigenvalue weighted by atomic mass is 10.1. The Hall–Kier alpha value is -3.34. The normalized spacial score (nSPS) is 13.6. The third kappa shape index (κ3) is 6.57. The minimum Gasteiger partial charge on any atom is -0.457 e. The highest BCUT2D eigenvalue weighted by molar-refractivity contribution is 7.09. The van der Waals surface area contributed by atoms with E-state index in [1.807, 2.05) is 66.0 Å². The molecule has 1 aliphatic rings. The van der Waals surface area contributed by atoms with E-state index >= 15 is 0 Å². The number of anilines is 1. The highest BCUT2D eigenvalue weighted by Gasteiger charge is 2.16. The number of thiophene rings is 1. The first-order valence-electron chi connectivity index (χ1n) is 10.2. The second kappa shape index (κ2) is 11.2. The zero-order valence-electron chi connectivity index (χ0n) is 17.2. The number of para-hydroxylation sites is 1. The van der Waals surface area contributed by atoms with Crippen LogP contribution >= 0.6 is 11.3 Å². The van der Waals surface area contributed by atoms with Crippen molar-refractivity contribution < 1.29 is 9.53 Å². The molecule has 1 aromatic heterocycles. The van der Waals surface area contributed by atoms with Crippen LogP contribution in [0.1, 0.15) is 23.3 Å². The maximum Gasteiger partial charge on any atom is 0.234 e. The number of carbonyl (C=O) groups is 1. The summed E-state index contributed by atoms with van der Waals surface area (Å²) < 4.78 is 5.77. The van der Waals surface area contributed by atoms with Crippen molar-refractivity contribution in [2.45, 2.75) is 25.3 Å². The van der Waals surface area contributed by atoms with Crippen molar-refractivity contribution in [3.8, 4) is 17.6 Å². The average molecular weight is 435 g/mol. The molecule has 0 aliphatic carbocycles. The van der Waals surface area contributed by atoms with Gasteiger partial charge in [-0.3, -0.25) is 4.79 Å². The minimum absolute atomic E-state index is 0.446. The van der Waals surface area contributed by atoms with Crippen LogP contribution in [0.5, 0.6) is 11.5 Å². The van der Waals surface area contributed by atoms with E-state index in [1.165, 1.54) is 12.8 Å². The molecule has 31 heavy (non-hydrogen) atoms. The van der Waals surface area contributed by atoms with Crippen LogP contribution in [-0.2, 0) is 11.2 Å². The molecule has 0 spiro atoms. The van der Waals surface area contributed by atoms with Crippen molar-refractivity contribution in [3.63, 3.8) is 0 Å². The van der Waals surface area contributed by atoms with Gasteiger partial charge in [-0.05, 0) is 48.6 Å². The molecule has 1 aliphatic heterocycles. The Morgan fingerprint density at radius 3 is 2.45 bits per heavy atom. The first-order valence-corrected chi connectivity index (χ1v) is 11.0. The van der Waals surface area contributed by atoms with Crippen molar-refractivity contribution in [1.82, 2.24) is 0 Å². The molecule has 1 fully saturated rings. The zero-order chi connectivity index (χ0) is 22.1. The molecule has 2 aromatic carbocycles. The Kier molecular flexibility index (Phi) is 8.05. The van der Waals surface area contributed by atoms with Gasteiger partial charge in [0.25, 0.3) is 0 Å². The summed E-state index contributed by atoms with van der Waals surface area (Å²) >= 11 is 1.58. The van der Waals surface area contributed by atoms with Gasteiger partial charge in [0.2, 0.25) is 5.91 Å². The molecule has 4 rings (SSSR count). The molecule has 1 atom stereocenters. The Balaban J connectivity index is 0.000000210. The quantitative estimate of drug-likeness (QED) is 0.609. The number of nitrogens with zero attached hydrogens (tertiary/aromatic N) is 2. The predicted octanol–water partition coefficient (Wildman–Crippen LogP) is 4.05. The van der Waals surface area contributed by atoms with Gasteiger partial charge in [0.15, 0.2) is 0 Å². The van der Waals surface area contributed by atoms with E-state index in [-0.39, 0.29) is 0 Å². The van der Waals surface area contributed by atoms with Gasteiger partial charge in [0.1, 0.15) is 17.6 Å². The third-order valence-corrected chi connectivity index (χ3v) is 5.78. The first-order chi connectivity index (χ1) is 15.1. The van der Waals surface area contributed by atoms with Crippen molar-refractivity contribution in [3.05, 3.63) is 76.5 Å². The van der Waals surface area contributed by atoms with E-state index in [9.17, 15) is 10.1 Å². The van der Waals surface area contributed by atoms with Gasteiger partial charge in [-0.1, -0.05) is 24.3 Å². The van der Waals surface area contributed by atoms with Crippen LogP contribution in [0.15, 0.2) is 66.0 Å². The lowest BCUT2D eigenvalue weighted by molar-refractivity contribution is -0.119. The Morgan fingerprint density at radius 1 is 1.10 bits per heavy atom. The molecule has 0 bridgehead atoms. The Labute approximate surface area is 186 Å². The molecule has 0 saturated carbocycles. The van der Waals surface area contributed by atoms with E-state index in [4.69, 9.17) is 16.2 Å².